The van der Waals surface area contributed by atoms with Gasteiger partial charge in [-0.05, 0) is 42.8 Å². The molecule has 1 aromatic heterocycles. The Morgan fingerprint density at radius 3 is 2.35 bits per heavy atom. The van der Waals surface area contributed by atoms with Gasteiger partial charge in [-0.15, -0.1) is 0 Å². The van der Waals surface area contributed by atoms with Crippen LogP contribution in [0.1, 0.15) is 55.8 Å². The SMILES string of the molecule is CCCCCCCCOc1ccc(C(=O)Oc2ccc(F)nc2F)cc1. The Balaban J connectivity index is 1.78. The van der Waals surface area contributed by atoms with Gasteiger partial charge in [0.2, 0.25) is 5.95 Å². The number of rotatable bonds is 10. The highest BCUT2D eigenvalue weighted by Crippen LogP contribution is 2.18. The molecule has 2 rings (SSSR count). The first-order valence-corrected chi connectivity index (χ1v) is 8.87. The van der Waals surface area contributed by atoms with Crippen molar-refractivity contribution < 1.29 is 23.0 Å². The molecule has 0 bridgehead atoms. The number of aromatic nitrogens is 1. The predicted octanol–water partition coefficient (Wildman–Crippen LogP) is 5.32. The van der Waals surface area contributed by atoms with Gasteiger partial charge in [0.15, 0.2) is 5.75 Å². The van der Waals surface area contributed by atoms with Crippen molar-refractivity contribution >= 4 is 5.97 Å². The fourth-order valence-electron chi connectivity index (χ4n) is 2.39. The highest BCUT2D eigenvalue weighted by molar-refractivity contribution is 5.91. The number of ether oxygens (including phenoxy) is 2. The average molecular weight is 363 g/mol. The number of halogens is 2. The monoisotopic (exact) mass is 363 g/mol. The molecular weight excluding hydrogens is 340 g/mol. The number of nitrogens with zero attached hydrogens (tertiary/aromatic N) is 1. The molecule has 0 saturated carbocycles. The van der Waals surface area contributed by atoms with Crippen LogP contribution in [0.25, 0.3) is 0 Å². The number of esters is 1. The molecule has 1 aromatic carbocycles. The Bertz CT molecular complexity index is 705. The van der Waals surface area contributed by atoms with E-state index in [1.54, 1.807) is 12.1 Å². The Morgan fingerprint density at radius 1 is 0.962 bits per heavy atom. The summed E-state index contributed by atoms with van der Waals surface area (Å²) >= 11 is 0. The lowest BCUT2D eigenvalue weighted by Crippen LogP contribution is -2.10. The van der Waals surface area contributed by atoms with E-state index < -0.39 is 23.6 Å². The molecule has 0 fully saturated rings. The Kier molecular flexibility index (Phi) is 7.99. The maximum atomic E-state index is 13.4. The minimum Gasteiger partial charge on any atom is -0.494 e. The highest BCUT2D eigenvalue weighted by atomic mass is 19.1. The van der Waals surface area contributed by atoms with Crippen LogP contribution in [-0.4, -0.2) is 17.6 Å². The summed E-state index contributed by atoms with van der Waals surface area (Å²) in [7, 11) is 0. The van der Waals surface area contributed by atoms with Gasteiger partial charge in [0.05, 0.1) is 12.2 Å². The van der Waals surface area contributed by atoms with Crippen LogP contribution < -0.4 is 9.47 Å². The van der Waals surface area contributed by atoms with Gasteiger partial charge in [-0.1, -0.05) is 39.0 Å². The Hall–Kier alpha value is -2.50. The minimum absolute atomic E-state index is 0.237. The summed E-state index contributed by atoms with van der Waals surface area (Å²) in [5.41, 5.74) is 0.237. The zero-order valence-electron chi connectivity index (χ0n) is 14.8. The van der Waals surface area contributed by atoms with Crippen LogP contribution in [0.2, 0.25) is 0 Å². The summed E-state index contributed by atoms with van der Waals surface area (Å²) in [5.74, 6) is -2.66. The van der Waals surface area contributed by atoms with Gasteiger partial charge in [-0.3, -0.25) is 0 Å². The summed E-state index contributed by atoms with van der Waals surface area (Å²) < 4.78 is 36.7. The molecule has 0 aliphatic carbocycles. The molecule has 0 aliphatic rings. The van der Waals surface area contributed by atoms with Crippen molar-refractivity contribution in [3.05, 3.63) is 53.9 Å². The number of benzene rings is 1. The molecule has 1 heterocycles. The summed E-state index contributed by atoms with van der Waals surface area (Å²) in [5, 5.41) is 0. The number of pyridine rings is 1. The second-order valence-electron chi connectivity index (χ2n) is 5.95. The van der Waals surface area contributed by atoms with E-state index in [4.69, 9.17) is 9.47 Å². The van der Waals surface area contributed by atoms with Crippen molar-refractivity contribution in [2.45, 2.75) is 45.4 Å². The van der Waals surface area contributed by atoms with Crippen molar-refractivity contribution in [3.63, 3.8) is 0 Å². The van der Waals surface area contributed by atoms with Gasteiger partial charge in [-0.2, -0.15) is 13.8 Å². The van der Waals surface area contributed by atoms with Gasteiger partial charge >= 0.3 is 5.97 Å². The molecule has 0 aliphatic heterocycles. The van der Waals surface area contributed by atoms with Crippen molar-refractivity contribution in [2.24, 2.45) is 0 Å². The summed E-state index contributed by atoms with van der Waals surface area (Å²) in [6.45, 7) is 2.82. The molecule has 0 saturated heterocycles. The standard InChI is InChI=1S/C20H23F2NO3/c1-2-3-4-5-6-7-14-25-16-10-8-15(9-11-16)20(24)26-17-12-13-18(21)23-19(17)22/h8-13H,2-7,14H2,1H3. The van der Waals surface area contributed by atoms with E-state index in [2.05, 4.69) is 11.9 Å². The van der Waals surface area contributed by atoms with Crippen LogP contribution in [0.5, 0.6) is 11.5 Å². The van der Waals surface area contributed by atoms with Gasteiger partial charge in [0, 0.05) is 0 Å². The summed E-state index contributed by atoms with van der Waals surface area (Å²) in [6, 6.07) is 8.33. The van der Waals surface area contributed by atoms with Crippen LogP contribution in [0, 0.1) is 11.9 Å². The number of hydrogen-bond acceptors (Lipinski definition) is 4. The van der Waals surface area contributed by atoms with Gasteiger partial charge in [0.25, 0.3) is 5.95 Å². The number of carbonyl (C=O) groups excluding carboxylic acids is 1. The van der Waals surface area contributed by atoms with Crippen LogP contribution in [0.3, 0.4) is 0 Å². The molecule has 0 amide bonds. The number of hydrogen-bond donors (Lipinski definition) is 0. The lowest BCUT2D eigenvalue weighted by Gasteiger charge is -2.08. The molecule has 0 unspecified atom stereocenters. The molecule has 0 spiro atoms. The van der Waals surface area contributed by atoms with Crippen molar-refractivity contribution in [2.75, 3.05) is 6.61 Å². The number of unbranched alkanes of at least 4 members (excludes halogenated alkanes) is 5. The molecular formula is C20H23F2NO3. The predicted molar refractivity (Wildman–Crippen MR) is 94.4 cm³/mol. The molecule has 0 N–H and O–H groups in total. The Labute approximate surface area is 152 Å². The third kappa shape index (κ3) is 6.43. The first-order chi connectivity index (χ1) is 12.6. The molecule has 26 heavy (non-hydrogen) atoms. The minimum atomic E-state index is -1.17. The van der Waals surface area contributed by atoms with Gasteiger partial charge in [-0.25, -0.2) is 4.79 Å². The van der Waals surface area contributed by atoms with E-state index in [0.717, 1.165) is 25.0 Å². The smallest absolute Gasteiger partial charge is 0.343 e. The summed E-state index contributed by atoms with van der Waals surface area (Å²) in [4.78, 5) is 15.0. The third-order valence-electron chi connectivity index (χ3n) is 3.84. The molecule has 140 valence electrons. The Morgan fingerprint density at radius 2 is 1.65 bits per heavy atom. The van der Waals surface area contributed by atoms with Gasteiger partial charge < -0.3 is 9.47 Å². The first-order valence-electron chi connectivity index (χ1n) is 8.87. The zero-order valence-corrected chi connectivity index (χ0v) is 14.8. The quantitative estimate of drug-likeness (QED) is 0.326. The van der Waals surface area contributed by atoms with Gasteiger partial charge in [0.1, 0.15) is 5.75 Å². The second-order valence-corrected chi connectivity index (χ2v) is 5.95. The lowest BCUT2D eigenvalue weighted by atomic mass is 10.1. The normalized spacial score (nSPS) is 10.6. The molecule has 6 heteroatoms. The highest BCUT2D eigenvalue weighted by Gasteiger charge is 2.13. The van der Waals surface area contributed by atoms with Crippen LogP contribution >= 0.6 is 0 Å². The van der Waals surface area contributed by atoms with Crippen molar-refractivity contribution in [1.29, 1.82) is 0 Å². The molecule has 2 aromatic rings. The van der Waals surface area contributed by atoms with E-state index in [1.807, 2.05) is 0 Å². The molecule has 0 radical (unpaired) electrons. The average Bonchev–Trinajstić information content (AvgIpc) is 2.64. The second kappa shape index (κ2) is 10.5. The zero-order chi connectivity index (χ0) is 18.8. The fourth-order valence-corrected chi connectivity index (χ4v) is 2.39. The van der Waals surface area contributed by atoms with E-state index in [9.17, 15) is 13.6 Å². The molecule has 0 atom stereocenters. The van der Waals surface area contributed by atoms with E-state index in [0.29, 0.717) is 12.4 Å². The summed E-state index contributed by atoms with van der Waals surface area (Å²) in [6.07, 6.45) is 7.12. The maximum absolute atomic E-state index is 13.4. The maximum Gasteiger partial charge on any atom is 0.343 e. The van der Waals surface area contributed by atoms with Crippen LogP contribution in [-0.2, 0) is 0 Å². The van der Waals surface area contributed by atoms with Crippen molar-refractivity contribution in [3.8, 4) is 11.5 Å². The van der Waals surface area contributed by atoms with Crippen LogP contribution in [0.15, 0.2) is 36.4 Å². The van der Waals surface area contributed by atoms with Crippen molar-refractivity contribution in [1.82, 2.24) is 4.98 Å². The van der Waals surface area contributed by atoms with E-state index in [1.165, 1.54) is 37.8 Å². The largest absolute Gasteiger partial charge is 0.494 e. The lowest BCUT2D eigenvalue weighted by molar-refractivity contribution is 0.0725. The number of carbonyl (C=O) groups is 1. The third-order valence-corrected chi connectivity index (χ3v) is 3.84. The topological polar surface area (TPSA) is 48.4 Å². The van der Waals surface area contributed by atoms with E-state index in [-0.39, 0.29) is 5.56 Å². The fraction of sp³-hybridized carbons (Fsp3) is 0.400. The first kappa shape index (κ1) is 19.8. The van der Waals surface area contributed by atoms with E-state index >= 15 is 0 Å². The molecule has 4 nitrogen and oxygen atoms in total. The van der Waals surface area contributed by atoms with Crippen LogP contribution in [0.4, 0.5) is 8.78 Å².